The number of nitrogens with zero attached hydrogens (tertiary/aromatic N) is 1. The number of hydrazine groups is 1. The predicted molar refractivity (Wildman–Crippen MR) is 113 cm³/mol. The highest BCUT2D eigenvalue weighted by molar-refractivity contribution is 6.35. The van der Waals surface area contributed by atoms with Gasteiger partial charge in [0.25, 0.3) is 5.91 Å². The Bertz CT molecular complexity index is 1090. The molecule has 2 aromatic rings. The summed E-state index contributed by atoms with van der Waals surface area (Å²) in [4.78, 5) is 35.9. The van der Waals surface area contributed by atoms with E-state index in [1.165, 1.54) is 13.2 Å². The molecule has 1 aliphatic rings. The van der Waals surface area contributed by atoms with Gasteiger partial charge in [-0.05, 0) is 54.4 Å². The number of anilines is 1. The minimum absolute atomic E-state index is 0.129. The molecule has 0 aromatic heterocycles. The fraction of sp³-hybridized carbons (Fsp3) is 0.200. The number of nitrogens with two attached hydrogens (primary N) is 1. The zero-order valence-corrected chi connectivity index (χ0v) is 17.4. The van der Waals surface area contributed by atoms with E-state index < -0.39 is 23.3 Å². The molecule has 11 heteroatoms. The number of aryl methyl sites for hydroxylation is 1. The van der Waals surface area contributed by atoms with E-state index >= 15 is 0 Å². The Morgan fingerprint density at radius 3 is 2.55 bits per heavy atom. The maximum Gasteiger partial charge on any atom is 0.330 e. The molecule has 0 bridgehead atoms. The van der Waals surface area contributed by atoms with Crippen molar-refractivity contribution in [3.63, 3.8) is 0 Å². The molecule has 0 saturated carbocycles. The highest BCUT2D eigenvalue weighted by atomic mass is 35.5. The van der Waals surface area contributed by atoms with Crippen molar-refractivity contribution in [1.29, 1.82) is 0 Å². The van der Waals surface area contributed by atoms with E-state index in [1.54, 1.807) is 42.7 Å². The van der Waals surface area contributed by atoms with Gasteiger partial charge >= 0.3 is 11.8 Å². The van der Waals surface area contributed by atoms with Crippen LogP contribution in [0.4, 0.5) is 5.69 Å². The van der Waals surface area contributed by atoms with E-state index in [2.05, 4.69) is 15.8 Å². The minimum atomic E-state index is -2.01. The van der Waals surface area contributed by atoms with Gasteiger partial charge in [0.2, 0.25) is 0 Å². The third-order valence-electron chi connectivity index (χ3n) is 4.84. The number of fused-ring (bicyclic) bond motifs is 1. The standard InChI is InChI=1S/C20H20ClN5O5/c1-10-7-12(21)8-14-16(10)23-19(29)20(14,30)9-15(25-26-18(28)17(27)24-22)11-3-5-13(31-2)6-4-11/h3-8,30H,9,22H2,1-2H3,(H,23,29)(H,24,27)(H,26,28)/b25-15-/t20-/m1/s1. The number of rotatable bonds is 5. The number of amides is 3. The summed E-state index contributed by atoms with van der Waals surface area (Å²) >= 11 is 6.14. The molecular weight excluding hydrogens is 426 g/mol. The van der Waals surface area contributed by atoms with Gasteiger partial charge in [-0.1, -0.05) is 11.6 Å². The predicted octanol–water partition coefficient (Wildman–Crippen LogP) is 0.697. The van der Waals surface area contributed by atoms with Gasteiger partial charge < -0.3 is 15.2 Å². The van der Waals surface area contributed by atoms with Crippen LogP contribution in [0.3, 0.4) is 0 Å². The Morgan fingerprint density at radius 2 is 1.94 bits per heavy atom. The fourth-order valence-electron chi connectivity index (χ4n) is 3.22. The Morgan fingerprint density at radius 1 is 1.26 bits per heavy atom. The van der Waals surface area contributed by atoms with Crippen molar-refractivity contribution in [2.75, 3.05) is 12.4 Å². The second kappa shape index (κ2) is 8.72. The van der Waals surface area contributed by atoms with Crippen molar-refractivity contribution in [2.24, 2.45) is 10.9 Å². The quantitative estimate of drug-likeness (QED) is 0.150. The molecule has 0 spiro atoms. The van der Waals surface area contributed by atoms with E-state index in [-0.39, 0.29) is 17.7 Å². The lowest BCUT2D eigenvalue weighted by atomic mass is 9.87. The first-order valence-electron chi connectivity index (χ1n) is 9.06. The first kappa shape index (κ1) is 22.2. The number of nitrogens with one attached hydrogen (secondary N) is 3. The summed E-state index contributed by atoms with van der Waals surface area (Å²) in [5.41, 5.74) is 3.78. The van der Waals surface area contributed by atoms with Gasteiger partial charge in [-0.3, -0.25) is 19.8 Å². The number of hydrogen-bond donors (Lipinski definition) is 5. The van der Waals surface area contributed by atoms with Gasteiger partial charge in [0.1, 0.15) is 5.75 Å². The van der Waals surface area contributed by atoms with Crippen LogP contribution in [0.25, 0.3) is 0 Å². The van der Waals surface area contributed by atoms with E-state index in [4.69, 9.17) is 22.2 Å². The first-order valence-corrected chi connectivity index (χ1v) is 9.43. The van der Waals surface area contributed by atoms with Crippen LogP contribution < -0.4 is 26.7 Å². The summed E-state index contributed by atoms with van der Waals surface area (Å²) in [5, 5.41) is 18.3. The van der Waals surface area contributed by atoms with E-state index in [9.17, 15) is 19.5 Å². The van der Waals surface area contributed by atoms with Gasteiger partial charge in [0.05, 0.1) is 18.5 Å². The third-order valence-corrected chi connectivity index (χ3v) is 5.05. The summed E-state index contributed by atoms with van der Waals surface area (Å²) in [5.74, 6) is 2.63. The summed E-state index contributed by atoms with van der Waals surface area (Å²) in [6.45, 7) is 1.75. The number of hydrazone groups is 1. The molecule has 3 rings (SSSR count). The Balaban J connectivity index is 2.03. The van der Waals surface area contributed by atoms with Crippen molar-refractivity contribution in [3.05, 3.63) is 58.1 Å². The van der Waals surface area contributed by atoms with Gasteiger partial charge in [0, 0.05) is 17.0 Å². The van der Waals surface area contributed by atoms with Crippen molar-refractivity contribution in [1.82, 2.24) is 10.9 Å². The molecule has 1 aliphatic heterocycles. The van der Waals surface area contributed by atoms with Crippen molar-refractivity contribution < 1.29 is 24.2 Å². The molecule has 0 unspecified atom stereocenters. The molecule has 1 atom stereocenters. The Labute approximate surface area is 182 Å². The average molecular weight is 446 g/mol. The van der Waals surface area contributed by atoms with Crippen LogP contribution in [0, 0.1) is 6.92 Å². The molecule has 31 heavy (non-hydrogen) atoms. The molecule has 162 valence electrons. The molecule has 0 fully saturated rings. The summed E-state index contributed by atoms with van der Waals surface area (Å²) in [6, 6.07) is 9.71. The van der Waals surface area contributed by atoms with Gasteiger partial charge in [0.15, 0.2) is 5.60 Å². The van der Waals surface area contributed by atoms with Crippen LogP contribution >= 0.6 is 11.6 Å². The van der Waals surface area contributed by atoms with Crippen LogP contribution in [0.2, 0.25) is 5.02 Å². The van der Waals surface area contributed by atoms with Gasteiger partial charge in [-0.25, -0.2) is 11.3 Å². The number of benzene rings is 2. The van der Waals surface area contributed by atoms with Crippen LogP contribution in [0.15, 0.2) is 41.5 Å². The zero-order chi connectivity index (χ0) is 22.8. The fourth-order valence-corrected chi connectivity index (χ4v) is 3.49. The highest BCUT2D eigenvalue weighted by Crippen LogP contribution is 2.42. The van der Waals surface area contributed by atoms with Crippen LogP contribution in [0.1, 0.15) is 23.1 Å². The highest BCUT2D eigenvalue weighted by Gasteiger charge is 2.47. The largest absolute Gasteiger partial charge is 0.497 e. The second-order valence-corrected chi connectivity index (χ2v) is 7.27. The summed E-state index contributed by atoms with van der Waals surface area (Å²) < 4.78 is 5.13. The number of hydrogen-bond acceptors (Lipinski definition) is 7. The normalized spacial score (nSPS) is 17.6. The molecule has 10 nitrogen and oxygen atoms in total. The number of methoxy groups -OCH3 is 1. The molecule has 1 heterocycles. The van der Waals surface area contributed by atoms with Gasteiger partial charge in [-0.15, -0.1) is 0 Å². The lowest BCUT2D eigenvalue weighted by molar-refractivity contribution is -0.139. The molecule has 2 aromatic carbocycles. The van der Waals surface area contributed by atoms with Crippen LogP contribution in [0.5, 0.6) is 5.75 Å². The van der Waals surface area contributed by atoms with Crippen LogP contribution in [-0.2, 0) is 20.0 Å². The lowest BCUT2D eigenvalue weighted by Gasteiger charge is -2.22. The van der Waals surface area contributed by atoms with Gasteiger partial charge in [-0.2, -0.15) is 5.10 Å². The maximum atomic E-state index is 12.7. The molecular formula is C20H20ClN5O5. The number of carbonyl (C=O) groups excluding carboxylic acids is 3. The van der Waals surface area contributed by atoms with Crippen molar-refractivity contribution in [2.45, 2.75) is 18.9 Å². The maximum absolute atomic E-state index is 12.7. The zero-order valence-electron chi connectivity index (χ0n) is 16.7. The average Bonchev–Trinajstić information content (AvgIpc) is 3.01. The summed E-state index contributed by atoms with van der Waals surface area (Å²) in [7, 11) is 1.50. The van der Waals surface area contributed by atoms with E-state index in [1.807, 2.05) is 0 Å². The van der Waals surface area contributed by atoms with E-state index in [0.29, 0.717) is 27.6 Å². The number of halogens is 1. The molecule has 3 amide bonds. The molecule has 0 aliphatic carbocycles. The monoisotopic (exact) mass is 445 g/mol. The topological polar surface area (TPSA) is 155 Å². The van der Waals surface area contributed by atoms with Crippen molar-refractivity contribution >= 4 is 40.7 Å². The van der Waals surface area contributed by atoms with E-state index in [0.717, 1.165) is 0 Å². The summed E-state index contributed by atoms with van der Waals surface area (Å²) in [6.07, 6.45) is -0.317. The SMILES string of the molecule is COc1ccc(/C(C[C@]2(O)C(=O)Nc3c(C)cc(Cl)cc32)=N\NC(=O)C(=O)NN)cc1. The number of carbonyl (C=O) groups is 3. The first-order chi connectivity index (χ1) is 14.7. The lowest BCUT2D eigenvalue weighted by Crippen LogP contribution is -2.42. The molecule has 6 N–H and O–H groups in total. The Kier molecular flexibility index (Phi) is 6.25. The second-order valence-electron chi connectivity index (χ2n) is 6.84. The van der Waals surface area contributed by atoms with Crippen molar-refractivity contribution in [3.8, 4) is 5.75 Å². The third kappa shape index (κ3) is 4.36. The smallest absolute Gasteiger partial charge is 0.330 e. The van der Waals surface area contributed by atoms with Crippen LogP contribution in [-0.4, -0.2) is 35.6 Å². The minimum Gasteiger partial charge on any atom is -0.497 e. The number of aliphatic hydroxyl groups is 1. The molecule has 0 radical (unpaired) electrons. The molecule has 0 saturated heterocycles. The number of ether oxygens (including phenoxy) is 1. The Hall–Kier alpha value is -3.47.